The van der Waals surface area contributed by atoms with Crippen LogP contribution in [0.3, 0.4) is 0 Å². The summed E-state index contributed by atoms with van der Waals surface area (Å²) < 4.78 is 13.7. The van der Waals surface area contributed by atoms with Crippen molar-refractivity contribution >= 4 is 17.0 Å². The molecule has 2 fully saturated rings. The minimum atomic E-state index is -0.166. The first kappa shape index (κ1) is 16.6. The zero-order valence-electron chi connectivity index (χ0n) is 14.9. The van der Waals surface area contributed by atoms with E-state index < -0.39 is 0 Å². The monoisotopic (exact) mass is 367 g/mol. The lowest BCUT2D eigenvalue weighted by atomic mass is 9.80. The van der Waals surface area contributed by atoms with E-state index in [2.05, 4.69) is 35.7 Å². The first-order chi connectivity index (χ1) is 13.3. The molecular weight excluding hydrogens is 345 g/mol. The number of imidazole rings is 1. The van der Waals surface area contributed by atoms with Crippen LogP contribution in [-0.4, -0.2) is 45.6 Å². The number of fused-ring (bicyclic) bond motifs is 1. The maximum absolute atomic E-state index is 13.7. The molecule has 0 aliphatic carbocycles. The molecule has 3 N–H and O–H groups in total. The van der Waals surface area contributed by atoms with E-state index in [1.807, 2.05) is 6.07 Å². The van der Waals surface area contributed by atoms with E-state index >= 15 is 0 Å². The number of hydrogen-bond donors (Lipinski definition) is 3. The summed E-state index contributed by atoms with van der Waals surface area (Å²) in [6.45, 7) is 2.70. The van der Waals surface area contributed by atoms with E-state index in [0.717, 1.165) is 49.4 Å². The molecule has 5 rings (SSSR count). The average Bonchev–Trinajstić information content (AvgIpc) is 3.37. The number of nitrogens with zero attached hydrogens (tertiary/aromatic N) is 4. The van der Waals surface area contributed by atoms with Gasteiger partial charge in [0.05, 0.1) is 6.33 Å². The van der Waals surface area contributed by atoms with Crippen molar-refractivity contribution in [1.82, 2.24) is 30.8 Å². The van der Waals surface area contributed by atoms with Crippen molar-refractivity contribution in [3.63, 3.8) is 0 Å². The second-order valence-electron chi connectivity index (χ2n) is 7.34. The molecule has 0 saturated carbocycles. The zero-order chi connectivity index (χ0) is 18.2. The van der Waals surface area contributed by atoms with Crippen molar-refractivity contribution in [2.45, 2.75) is 24.8 Å². The number of rotatable bonds is 3. The third-order valence-corrected chi connectivity index (χ3v) is 5.85. The van der Waals surface area contributed by atoms with Crippen molar-refractivity contribution in [2.24, 2.45) is 5.92 Å². The summed E-state index contributed by atoms with van der Waals surface area (Å²) in [5.74, 6) is 1.58. The Labute approximate surface area is 156 Å². The van der Waals surface area contributed by atoms with Crippen LogP contribution in [0.25, 0.3) is 11.2 Å². The summed E-state index contributed by atoms with van der Waals surface area (Å²) in [5, 5.41) is 0. The van der Waals surface area contributed by atoms with E-state index in [9.17, 15) is 4.39 Å². The number of benzene rings is 1. The van der Waals surface area contributed by atoms with Crippen molar-refractivity contribution in [3.05, 3.63) is 48.3 Å². The van der Waals surface area contributed by atoms with Gasteiger partial charge < -0.3 is 9.88 Å². The predicted octanol–water partition coefficient (Wildman–Crippen LogP) is 1.97. The normalized spacial score (nSPS) is 24.0. The Hall–Kier alpha value is -2.58. The fourth-order valence-electron chi connectivity index (χ4n) is 4.49. The first-order valence-electron chi connectivity index (χ1n) is 9.42. The van der Waals surface area contributed by atoms with Gasteiger partial charge in [0.15, 0.2) is 11.5 Å². The lowest BCUT2D eigenvalue weighted by Crippen LogP contribution is -2.44. The molecule has 7 nitrogen and oxygen atoms in total. The standard InChI is InChI=1S/C19H22FN7/c20-14-3-1-2-13(8-14)15-9-25-26-16(15)12-4-6-27(7-5-12)19-17-18(22-10-21-17)23-11-24-19/h1-3,8,10-12,15-16,25-26H,4-7,9H2,(H,21,22,23,24). The predicted molar refractivity (Wildman–Crippen MR) is 101 cm³/mol. The number of halogens is 1. The highest BCUT2D eigenvalue weighted by molar-refractivity contribution is 5.82. The van der Waals surface area contributed by atoms with Gasteiger partial charge in [0.2, 0.25) is 0 Å². The molecule has 140 valence electrons. The maximum Gasteiger partial charge on any atom is 0.182 e. The number of nitrogens with one attached hydrogen (secondary N) is 3. The van der Waals surface area contributed by atoms with E-state index in [0.29, 0.717) is 17.6 Å². The number of aromatic amines is 1. The smallest absolute Gasteiger partial charge is 0.182 e. The summed E-state index contributed by atoms with van der Waals surface area (Å²) in [6.07, 6.45) is 5.36. The van der Waals surface area contributed by atoms with E-state index in [1.54, 1.807) is 24.8 Å². The molecule has 2 aliphatic heterocycles. The van der Waals surface area contributed by atoms with Crippen molar-refractivity contribution in [1.29, 1.82) is 0 Å². The molecule has 2 unspecified atom stereocenters. The Kier molecular flexibility index (Phi) is 4.21. The van der Waals surface area contributed by atoms with Gasteiger partial charge >= 0.3 is 0 Å². The second-order valence-corrected chi connectivity index (χ2v) is 7.34. The fraction of sp³-hybridized carbons (Fsp3) is 0.421. The van der Waals surface area contributed by atoms with Crippen LogP contribution in [0.1, 0.15) is 24.3 Å². The number of hydrogen-bond acceptors (Lipinski definition) is 6. The van der Waals surface area contributed by atoms with Crippen LogP contribution < -0.4 is 15.8 Å². The highest BCUT2D eigenvalue weighted by atomic mass is 19.1. The van der Waals surface area contributed by atoms with Crippen LogP contribution in [0.15, 0.2) is 36.9 Å². The number of aromatic nitrogens is 4. The van der Waals surface area contributed by atoms with Crippen LogP contribution in [0.2, 0.25) is 0 Å². The van der Waals surface area contributed by atoms with Gasteiger partial charge in [-0.1, -0.05) is 12.1 Å². The van der Waals surface area contributed by atoms with Gasteiger partial charge in [-0.25, -0.2) is 19.3 Å². The molecule has 27 heavy (non-hydrogen) atoms. The lowest BCUT2D eigenvalue weighted by molar-refractivity contribution is 0.295. The average molecular weight is 367 g/mol. The Bertz CT molecular complexity index is 934. The SMILES string of the molecule is Fc1cccc(C2CNNC2C2CCN(c3ncnc4nc[nH]c34)CC2)c1. The molecule has 1 aromatic carbocycles. The van der Waals surface area contributed by atoms with Gasteiger partial charge in [-0.05, 0) is 36.5 Å². The van der Waals surface area contributed by atoms with Crippen molar-refractivity contribution in [3.8, 4) is 0 Å². The lowest BCUT2D eigenvalue weighted by Gasteiger charge is -2.37. The Morgan fingerprint density at radius 3 is 2.85 bits per heavy atom. The quantitative estimate of drug-likeness (QED) is 0.657. The molecule has 0 spiro atoms. The van der Waals surface area contributed by atoms with Crippen LogP contribution in [-0.2, 0) is 0 Å². The molecule has 0 amide bonds. The number of hydrazine groups is 1. The third kappa shape index (κ3) is 3.04. The molecule has 3 aromatic rings. The van der Waals surface area contributed by atoms with Crippen molar-refractivity contribution in [2.75, 3.05) is 24.5 Å². The molecule has 0 bridgehead atoms. The molecule has 2 atom stereocenters. The minimum Gasteiger partial charge on any atom is -0.355 e. The molecular formula is C19H22FN7. The molecule has 2 aliphatic rings. The fourth-order valence-corrected chi connectivity index (χ4v) is 4.49. The maximum atomic E-state index is 13.7. The second kappa shape index (κ2) is 6.86. The van der Waals surface area contributed by atoms with Gasteiger partial charge in [0.1, 0.15) is 17.7 Å². The van der Waals surface area contributed by atoms with Crippen LogP contribution in [0, 0.1) is 11.7 Å². The van der Waals surface area contributed by atoms with E-state index in [4.69, 9.17) is 0 Å². The van der Waals surface area contributed by atoms with Crippen LogP contribution >= 0.6 is 0 Å². The number of piperidine rings is 1. The number of anilines is 1. The Morgan fingerprint density at radius 2 is 2.00 bits per heavy atom. The molecule has 2 aromatic heterocycles. The minimum absolute atomic E-state index is 0.166. The summed E-state index contributed by atoms with van der Waals surface area (Å²) in [7, 11) is 0. The third-order valence-electron chi connectivity index (χ3n) is 5.85. The summed E-state index contributed by atoms with van der Waals surface area (Å²) in [4.78, 5) is 18.3. The molecule has 0 radical (unpaired) electrons. The Balaban J connectivity index is 1.31. The van der Waals surface area contributed by atoms with E-state index in [-0.39, 0.29) is 11.7 Å². The largest absolute Gasteiger partial charge is 0.355 e. The molecule has 4 heterocycles. The van der Waals surface area contributed by atoms with Crippen molar-refractivity contribution < 1.29 is 4.39 Å². The Morgan fingerprint density at radius 1 is 1.11 bits per heavy atom. The summed E-state index contributed by atoms with van der Waals surface area (Å²) in [5.41, 5.74) is 9.39. The van der Waals surface area contributed by atoms with Gasteiger partial charge in [-0.2, -0.15) is 0 Å². The van der Waals surface area contributed by atoms with Gasteiger partial charge in [0.25, 0.3) is 0 Å². The summed E-state index contributed by atoms with van der Waals surface area (Å²) in [6, 6.07) is 7.31. The van der Waals surface area contributed by atoms with Gasteiger partial charge in [0, 0.05) is 31.6 Å². The van der Waals surface area contributed by atoms with Gasteiger partial charge in [-0.3, -0.25) is 10.9 Å². The molecule has 2 saturated heterocycles. The van der Waals surface area contributed by atoms with Crippen LogP contribution in [0.5, 0.6) is 0 Å². The highest BCUT2D eigenvalue weighted by Crippen LogP contribution is 2.34. The van der Waals surface area contributed by atoms with Crippen LogP contribution in [0.4, 0.5) is 10.2 Å². The highest BCUT2D eigenvalue weighted by Gasteiger charge is 2.36. The first-order valence-corrected chi connectivity index (χ1v) is 9.42. The number of H-pyrrole nitrogens is 1. The molecule has 8 heteroatoms. The van der Waals surface area contributed by atoms with E-state index in [1.165, 1.54) is 6.07 Å². The topological polar surface area (TPSA) is 81.8 Å². The zero-order valence-corrected chi connectivity index (χ0v) is 14.9. The van der Waals surface area contributed by atoms with Gasteiger partial charge in [-0.15, -0.1) is 0 Å². The summed E-state index contributed by atoms with van der Waals surface area (Å²) >= 11 is 0.